The van der Waals surface area contributed by atoms with Crippen molar-refractivity contribution in [3.8, 4) is 5.75 Å². The number of hydrogen-bond acceptors (Lipinski definition) is 2. The molecule has 1 aliphatic heterocycles. The van der Waals surface area contributed by atoms with Crippen LogP contribution in [0, 0.1) is 6.92 Å². The molecule has 0 unspecified atom stereocenters. The van der Waals surface area contributed by atoms with Crippen LogP contribution in [0.3, 0.4) is 0 Å². The maximum atomic E-state index is 10.9. The van der Waals surface area contributed by atoms with E-state index in [-0.39, 0.29) is 12.5 Å². The number of ether oxygens (including phenoxy) is 1. The summed E-state index contributed by atoms with van der Waals surface area (Å²) in [7, 11) is 0. The Labute approximate surface area is 84.1 Å². The summed E-state index contributed by atoms with van der Waals surface area (Å²) in [6.45, 7) is 6.11. The standard InChI is InChI=1S/C9H9NO2.C2H6/c1-6-2-3-7-8(4-6)12-5-9(11)10-7;1-2/h2-4H,5H2,1H3,(H,10,11);1-2H3. The van der Waals surface area contributed by atoms with Gasteiger partial charge in [-0.15, -0.1) is 0 Å². The Balaban J connectivity index is 0.000000461. The fourth-order valence-corrected chi connectivity index (χ4v) is 1.18. The predicted molar refractivity (Wildman–Crippen MR) is 56.7 cm³/mol. The molecule has 3 heteroatoms. The quantitative estimate of drug-likeness (QED) is 0.686. The summed E-state index contributed by atoms with van der Waals surface area (Å²) in [6, 6.07) is 5.70. The van der Waals surface area contributed by atoms with Crippen LogP contribution in [-0.2, 0) is 4.79 Å². The van der Waals surface area contributed by atoms with Gasteiger partial charge < -0.3 is 10.1 Å². The van der Waals surface area contributed by atoms with Crippen LogP contribution in [0.1, 0.15) is 19.4 Å². The fraction of sp³-hybridized carbons (Fsp3) is 0.364. The van der Waals surface area contributed by atoms with E-state index >= 15 is 0 Å². The topological polar surface area (TPSA) is 38.3 Å². The maximum absolute atomic E-state index is 10.9. The summed E-state index contributed by atoms with van der Waals surface area (Å²) < 4.78 is 5.20. The third-order valence-corrected chi connectivity index (χ3v) is 1.77. The Morgan fingerprint density at radius 1 is 1.36 bits per heavy atom. The fourth-order valence-electron chi connectivity index (χ4n) is 1.18. The first-order chi connectivity index (χ1) is 6.75. The second kappa shape index (κ2) is 4.65. The van der Waals surface area contributed by atoms with Gasteiger partial charge in [0, 0.05) is 0 Å². The normalized spacial score (nSPS) is 12.9. The zero-order chi connectivity index (χ0) is 10.6. The number of amides is 1. The molecule has 0 spiro atoms. The molecule has 2 rings (SSSR count). The molecule has 1 amide bonds. The van der Waals surface area contributed by atoms with Crippen LogP contribution >= 0.6 is 0 Å². The third-order valence-electron chi connectivity index (χ3n) is 1.77. The van der Waals surface area contributed by atoms with E-state index in [1.807, 2.05) is 39.0 Å². The van der Waals surface area contributed by atoms with Crippen molar-refractivity contribution in [2.45, 2.75) is 20.8 Å². The van der Waals surface area contributed by atoms with Gasteiger partial charge in [0.15, 0.2) is 6.61 Å². The maximum Gasteiger partial charge on any atom is 0.262 e. The van der Waals surface area contributed by atoms with E-state index in [9.17, 15) is 4.79 Å². The highest BCUT2D eigenvalue weighted by Gasteiger charge is 2.14. The van der Waals surface area contributed by atoms with E-state index in [1.165, 1.54) is 0 Å². The zero-order valence-electron chi connectivity index (χ0n) is 8.76. The number of aryl methyl sites for hydroxylation is 1. The molecule has 1 aliphatic rings. The van der Waals surface area contributed by atoms with Crippen LogP contribution < -0.4 is 10.1 Å². The number of fused-ring (bicyclic) bond motifs is 1. The number of hydrogen-bond donors (Lipinski definition) is 1. The lowest BCUT2D eigenvalue weighted by atomic mass is 10.2. The van der Waals surface area contributed by atoms with Gasteiger partial charge in [0.2, 0.25) is 0 Å². The first-order valence-electron chi connectivity index (χ1n) is 4.79. The average Bonchev–Trinajstić information content (AvgIpc) is 2.21. The van der Waals surface area contributed by atoms with Gasteiger partial charge in [-0.3, -0.25) is 4.79 Å². The van der Waals surface area contributed by atoms with Crippen LogP contribution in [0.5, 0.6) is 5.75 Å². The molecule has 0 saturated heterocycles. The van der Waals surface area contributed by atoms with Crippen molar-refractivity contribution in [2.24, 2.45) is 0 Å². The highest BCUT2D eigenvalue weighted by atomic mass is 16.5. The second-order valence-corrected chi connectivity index (χ2v) is 2.84. The highest BCUT2D eigenvalue weighted by molar-refractivity contribution is 5.95. The summed E-state index contributed by atoms with van der Waals surface area (Å²) in [5.74, 6) is 0.668. The van der Waals surface area contributed by atoms with Crippen LogP contribution in [0.4, 0.5) is 5.69 Å². The zero-order valence-corrected chi connectivity index (χ0v) is 8.76. The van der Waals surface area contributed by atoms with E-state index < -0.39 is 0 Å². The summed E-state index contributed by atoms with van der Waals surface area (Å²) in [6.07, 6.45) is 0. The lowest BCUT2D eigenvalue weighted by molar-refractivity contribution is -0.118. The van der Waals surface area contributed by atoms with E-state index in [0.29, 0.717) is 0 Å². The molecule has 0 radical (unpaired) electrons. The first kappa shape index (κ1) is 10.6. The van der Waals surface area contributed by atoms with Gasteiger partial charge in [-0.1, -0.05) is 19.9 Å². The molecule has 0 aliphatic carbocycles. The molecule has 76 valence electrons. The Bertz CT molecular complexity index is 334. The van der Waals surface area contributed by atoms with Crippen LogP contribution in [0.25, 0.3) is 0 Å². The molecule has 3 nitrogen and oxygen atoms in total. The van der Waals surface area contributed by atoms with Gasteiger partial charge in [-0.05, 0) is 24.6 Å². The summed E-state index contributed by atoms with van der Waals surface area (Å²) in [5.41, 5.74) is 1.89. The largest absolute Gasteiger partial charge is 0.482 e. The number of rotatable bonds is 0. The number of carbonyl (C=O) groups is 1. The van der Waals surface area contributed by atoms with Crippen molar-refractivity contribution in [2.75, 3.05) is 11.9 Å². The van der Waals surface area contributed by atoms with E-state index in [0.717, 1.165) is 17.0 Å². The number of anilines is 1. The molecular formula is C11H15NO2. The van der Waals surface area contributed by atoms with Crippen molar-refractivity contribution < 1.29 is 9.53 Å². The Morgan fingerprint density at radius 3 is 2.79 bits per heavy atom. The van der Waals surface area contributed by atoms with Gasteiger partial charge in [0.25, 0.3) is 5.91 Å². The Morgan fingerprint density at radius 2 is 2.07 bits per heavy atom. The van der Waals surface area contributed by atoms with Gasteiger partial charge in [-0.2, -0.15) is 0 Å². The van der Waals surface area contributed by atoms with Crippen molar-refractivity contribution in [1.82, 2.24) is 0 Å². The SMILES string of the molecule is CC.Cc1ccc2c(c1)OCC(=O)N2. The smallest absolute Gasteiger partial charge is 0.262 e. The van der Waals surface area contributed by atoms with Crippen molar-refractivity contribution in [3.63, 3.8) is 0 Å². The summed E-state index contributed by atoms with van der Waals surface area (Å²) >= 11 is 0. The molecule has 0 aromatic heterocycles. The minimum absolute atomic E-state index is 0.0913. The number of benzene rings is 1. The minimum Gasteiger partial charge on any atom is -0.482 e. The molecule has 1 heterocycles. The van der Waals surface area contributed by atoms with Crippen LogP contribution in [0.15, 0.2) is 18.2 Å². The lowest BCUT2D eigenvalue weighted by Gasteiger charge is -2.17. The highest BCUT2D eigenvalue weighted by Crippen LogP contribution is 2.27. The third kappa shape index (κ3) is 2.25. The molecule has 0 bridgehead atoms. The molecule has 1 aromatic carbocycles. The first-order valence-corrected chi connectivity index (χ1v) is 4.79. The average molecular weight is 193 g/mol. The van der Waals surface area contributed by atoms with Crippen LogP contribution in [0.2, 0.25) is 0 Å². The lowest BCUT2D eigenvalue weighted by Crippen LogP contribution is -2.25. The summed E-state index contributed by atoms with van der Waals surface area (Å²) in [5, 5.41) is 2.72. The van der Waals surface area contributed by atoms with Crippen molar-refractivity contribution >= 4 is 11.6 Å². The predicted octanol–water partition coefficient (Wildman–Crippen LogP) is 2.35. The number of nitrogens with one attached hydrogen (secondary N) is 1. The Hall–Kier alpha value is -1.51. The van der Waals surface area contributed by atoms with E-state index in [1.54, 1.807) is 0 Å². The van der Waals surface area contributed by atoms with Crippen LogP contribution in [-0.4, -0.2) is 12.5 Å². The van der Waals surface area contributed by atoms with Gasteiger partial charge >= 0.3 is 0 Å². The molecular weight excluding hydrogens is 178 g/mol. The molecule has 14 heavy (non-hydrogen) atoms. The minimum atomic E-state index is -0.0913. The van der Waals surface area contributed by atoms with Crippen molar-refractivity contribution in [1.29, 1.82) is 0 Å². The van der Waals surface area contributed by atoms with Crippen molar-refractivity contribution in [3.05, 3.63) is 23.8 Å². The summed E-state index contributed by atoms with van der Waals surface area (Å²) in [4.78, 5) is 10.9. The number of carbonyl (C=O) groups excluding carboxylic acids is 1. The van der Waals surface area contributed by atoms with Gasteiger partial charge in [-0.25, -0.2) is 0 Å². The molecule has 1 aromatic rings. The second-order valence-electron chi connectivity index (χ2n) is 2.84. The molecule has 0 saturated carbocycles. The van der Waals surface area contributed by atoms with E-state index in [2.05, 4.69) is 5.32 Å². The Kier molecular flexibility index (Phi) is 3.51. The molecule has 1 N–H and O–H groups in total. The molecule has 0 atom stereocenters. The van der Waals surface area contributed by atoms with E-state index in [4.69, 9.17) is 4.74 Å². The van der Waals surface area contributed by atoms with Gasteiger partial charge in [0.05, 0.1) is 5.69 Å². The molecule has 0 fully saturated rings. The monoisotopic (exact) mass is 193 g/mol. The van der Waals surface area contributed by atoms with Gasteiger partial charge in [0.1, 0.15) is 5.75 Å².